The Labute approximate surface area is 272 Å². The van der Waals surface area contributed by atoms with Crippen LogP contribution < -0.4 is 21.1 Å². The normalized spacial score (nSPS) is 17.9. The van der Waals surface area contributed by atoms with Crippen LogP contribution >= 0.6 is 0 Å². The molecule has 2 atom stereocenters. The number of rotatable bonds is 11. The Hall–Kier alpha value is -4.20. The van der Waals surface area contributed by atoms with Crippen molar-refractivity contribution in [1.82, 2.24) is 15.6 Å². The maximum Gasteiger partial charge on any atom is 0.253 e. The maximum absolute atomic E-state index is 13.8. The summed E-state index contributed by atoms with van der Waals surface area (Å²) in [6.07, 6.45) is 3.07. The summed E-state index contributed by atoms with van der Waals surface area (Å²) in [6.45, 7) is 11.4. The molecule has 1 aliphatic carbocycles. The van der Waals surface area contributed by atoms with E-state index in [2.05, 4.69) is 88.1 Å². The molecule has 2 aliphatic rings. The lowest BCUT2D eigenvalue weighted by Gasteiger charge is -2.37. The highest BCUT2D eigenvalue weighted by molar-refractivity contribution is 5.99. The van der Waals surface area contributed by atoms with Gasteiger partial charge in [0, 0.05) is 73.4 Å². The number of benzene rings is 3. The number of nitrogens with one attached hydrogen (secondary N) is 3. The quantitative estimate of drug-likeness (QED) is 0.178. The van der Waals surface area contributed by atoms with Crippen LogP contribution in [0.5, 0.6) is 0 Å². The molecule has 1 aromatic heterocycles. The zero-order valence-corrected chi connectivity index (χ0v) is 27.5. The topological polar surface area (TPSA) is 86.5 Å². The third-order valence-corrected chi connectivity index (χ3v) is 9.70. The van der Waals surface area contributed by atoms with Crippen LogP contribution in [0.3, 0.4) is 0 Å². The fraction of sp³-hybridized carbons (Fsp3) is 0.385. The van der Waals surface area contributed by atoms with E-state index in [1.54, 1.807) is 0 Å². The van der Waals surface area contributed by atoms with Gasteiger partial charge < -0.3 is 25.3 Å². The van der Waals surface area contributed by atoms with Gasteiger partial charge >= 0.3 is 0 Å². The number of nitrogens with zero attached hydrogens (tertiary/aromatic N) is 1. The standard InChI is InChI=1S/C39H46N4O3/c1-5-43(32-15-17-46-18-16-32)37-21-31(20-33(27(37)4)38(44)41-24-35-25(2)19-26(3)42-39(35)45)29-11-13-30(14-12-29)34-22-36(34)40-23-28-9-7-6-8-10-28/h6-14,19-21,32,34,36,40H,5,15-18,22-24H2,1-4H3,(H,41,44)(H,42,45)/t34-,36+/m0/s1. The fourth-order valence-corrected chi connectivity index (χ4v) is 6.94. The highest BCUT2D eigenvalue weighted by Crippen LogP contribution is 2.42. The van der Waals surface area contributed by atoms with E-state index in [1.807, 2.05) is 32.9 Å². The molecule has 0 radical (unpaired) electrons. The lowest BCUT2D eigenvalue weighted by atomic mass is 9.94. The molecule has 46 heavy (non-hydrogen) atoms. The molecule has 6 rings (SSSR count). The zero-order valence-electron chi connectivity index (χ0n) is 27.5. The van der Waals surface area contributed by atoms with Gasteiger partial charge in [-0.25, -0.2) is 0 Å². The van der Waals surface area contributed by atoms with E-state index in [9.17, 15) is 9.59 Å². The second-order valence-corrected chi connectivity index (χ2v) is 12.9. The molecule has 1 saturated carbocycles. The predicted molar refractivity (Wildman–Crippen MR) is 186 cm³/mol. The van der Waals surface area contributed by atoms with E-state index in [1.165, 1.54) is 11.1 Å². The SMILES string of the molecule is CCN(c1cc(-c2ccc([C@@H]3C[C@H]3NCc3ccccc3)cc2)cc(C(=O)NCc2c(C)cc(C)[nH]c2=O)c1C)C1CCOCC1. The molecule has 0 bridgehead atoms. The smallest absolute Gasteiger partial charge is 0.253 e. The van der Waals surface area contributed by atoms with E-state index in [4.69, 9.17) is 4.74 Å². The van der Waals surface area contributed by atoms with Gasteiger partial charge in [0.1, 0.15) is 0 Å². The Morgan fingerprint density at radius 1 is 0.935 bits per heavy atom. The third-order valence-electron chi connectivity index (χ3n) is 9.70. The van der Waals surface area contributed by atoms with E-state index in [0.717, 1.165) is 79.2 Å². The van der Waals surface area contributed by atoms with Gasteiger partial charge in [-0.15, -0.1) is 0 Å². The average molecular weight is 619 g/mol. The fourth-order valence-electron chi connectivity index (χ4n) is 6.94. The van der Waals surface area contributed by atoms with Gasteiger partial charge in [-0.2, -0.15) is 0 Å². The van der Waals surface area contributed by atoms with Crippen molar-refractivity contribution < 1.29 is 9.53 Å². The van der Waals surface area contributed by atoms with Crippen molar-refractivity contribution in [3.8, 4) is 11.1 Å². The van der Waals surface area contributed by atoms with Crippen molar-refractivity contribution in [2.45, 2.75) is 78.0 Å². The molecule has 1 amide bonds. The van der Waals surface area contributed by atoms with Gasteiger partial charge in [-0.3, -0.25) is 9.59 Å². The van der Waals surface area contributed by atoms with Gasteiger partial charge in [-0.1, -0.05) is 54.6 Å². The first-order valence-corrected chi connectivity index (χ1v) is 16.7. The van der Waals surface area contributed by atoms with Gasteiger partial charge in [-0.05, 0) is 98.5 Å². The average Bonchev–Trinajstić information content (AvgIpc) is 3.85. The summed E-state index contributed by atoms with van der Waals surface area (Å²) in [7, 11) is 0. The minimum absolute atomic E-state index is 0.158. The molecule has 0 spiro atoms. The number of hydrogen-bond acceptors (Lipinski definition) is 5. The molecule has 2 fully saturated rings. The Bertz CT molecular complexity index is 1730. The van der Waals surface area contributed by atoms with E-state index in [-0.39, 0.29) is 18.0 Å². The van der Waals surface area contributed by atoms with Gasteiger partial charge in [0.05, 0.1) is 0 Å². The Morgan fingerprint density at radius 3 is 2.37 bits per heavy atom. The first-order valence-electron chi connectivity index (χ1n) is 16.7. The molecule has 2 heterocycles. The number of amides is 1. The third kappa shape index (κ3) is 7.11. The lowest BCUT2D eigenvalue weighted by molar-refractivity contribution is 0.0846. The number of carbonyl (C=O) groups is 1. The summed E-state index contributed by atoms with van der Waals surface area (Å²) in [4.78, 5) is 31.8. The Morgan fingerprint density at radius 2 is 1.67 bits per heavy atom. The van der Waals surface area contributed by atoms with Crippen LogP contribution in [0.2, 0.25) is 0 Å². The van der Waals surface area contributed by atoms with Crippen LogP contribution in [0.4, 0.5) is 5.69 Å². The minimum atomic E-state index is -0.176. The van der Waals surface area contributed by atoms with Crippen LogP contribution in [0, 0.1) is 20.8 Å². The highest BCUT2D eigenvalue weighted by Gasteiger charge is 2.37. The number of H-pyrrole nitrogens is 1. The number of aromatic amines is 1. The number of pyridine rings is 1. The molecule has 3 aromatic carbocycles. The zero-order chi connectivity index (χ0) is 32.2. The van der Waals surface area contributed by atoms with Gasteiger partial charge in [0.15, 0.2) is 0 Å². The van der Waals surface area contributed by atoms with Crippen LogP contribution in [-0.4, -0.2) is 42.7 Å². The summed E-state index contributed by atoms with van der Waals surface area (Å²) >= 11 is 0. The molecular formula is C39H46N4O3. The second kappa shape index (κ2) is 14.1. The molecule has 0 unspecified atom stereocenters. The van der Waals surface area contributed by atoms with Crippen molar-refractivity contribution >= 4 is 11.6 Å². The van der Waals surface area contributed by atoms with Crippen molar-refractivity contribution in [3.05, 3.63) is 122 Å². The maximum atomic E-state index is 13.8. The summed E-state index contributed by atoms with van der Waals surface area (Å²) in [5.74, 6) is 0.343. The second-order valence-electron chi connectivity index (χ2n) is 12.9. The first kappa shape index (κ1) is 31.8. The number of ether oxygens (including phenoxy) is 1. The lowest BCUT2D eigenvalue weighted by Crippen LogP contribution is -2.40. The van der Waals surface area contributed by atoms with Crippen molar-refractivity contribution in [2.75, 3.05) is 24.7 Å². The van der Waals surface area contributed by atoms with Crippen LogP contribution in [-0.2, 0) is 17.8 Å². The number of hydrogen-bond donors (Lipinski definition) is 3. The summed E-state index contributed by atoms with van der Waals surface area (Å²) in [5.41, 5.74) is 9.52. The van der Waals surface area contributed by atoms with Gasteiger partial charge in [0.25, 0.3) is 11.5 Å². The summed E-state index contributed by atoms with van der Waals surface area (Å²) in [5, 5.41) is 6.76. The first-order chi connectivity index (χ1) is 22.3. The number of anilines is 1. The largest absolute Gasteiger partial charge is 0.381 e. The molecule has 1 aliphatic heterocycles. The molecule has 3 N–H and O–H groups in total. The minimum Gasteiger partial charge on any atom is -0.381 e. The summed E-state index contributed by atoms with van der Waals surface area (Å²) in [6, 6.07) is 26.5. The van der Waals surface area contributed by atoms with Crippen LogP contribution in [0.15, 0.2) is 77.6 Å². The highest BCUT2D eigenvalue weighted by atomic mass is 16.5. The monoisotopic (exact) mass is 618 g/mol. The molecule has 7 nitrogen and oxygen atoms in total. The molecule has 7 heteroatoms. The van der Waals surface area contributed by atoms with Gasteiger partial charge in [0.2, 0.25) is 0 Å². The van der Waals surface area contributed by atoms with E-state index < -0.39 is 0 Å². The van der Waals surface area contributed by atoms with Crippen LogP contribution in [0.25, 0.3) is 11.1 Å². The Kier molecular flexibility index (Phi) is 9.71. The van der Waals surface area contributed by atoms with Crippen molar-refractivity contribution in [2.24, 2.45) is 0 Å². The van der Waals surface area contributed by atoms with Crippen molar-refractivity contribution in [3.63, 3.8) is 0 Å². The van der Waals surface area contributed by atoms with E-state index >= 15 is 0 Å². The van der Waals surface area contributed by atoms with Crippen molar-refractivity contribution in [1.29, 1.82) is 0 Å². The Balaban J connectivity index is 1.26. The van der Waals surface area contributed by atoms with E-state index in [0.29, 0.717) is 29.1 Å². The molecular weight excluding hydrogens is 572 g/mol. The molecule has 4 aromatic rings. The predicted octanol–water partition coefficient (Wildman–Crippen LogP) is 6.55. The summed E-state index contributed by atoms with van der Waals surface area (Å²) < 4.78 is 5.67. The van der Waals surface area contributed by atoms with Crippen LogP contribution in [0.1, 0.15) is 76.0 Å². The number of aryl methyl sites for hydroxylation is 2. The number of aromatic nitrogens is 1. The molecule has 240 valence electrons. The molecule has 1 saturated heterocycles. The number of carbonyl (C=O) groups excluding carboxylic acids is 1.